The minimum absolute atomic E-state index is 0.0598. The van der Waals surface area contributed by atoms with Crippen LogP contribution in [0.2, 0.25) is 0 Å². The van der Waals surface area contributed by atoms with Gasteiger partial charge in [0.25, 0.3) is 0 Å². The molecule has 0 bridgehead atoms. The molecule has 0 aliphatic carbocycles. The molecule has 0 radical (unpaired) electrons. The Morgan fingerprint density at radius 3 is 3.00 bits per heavy atom. The molecule has 0 aromatic heterocycles. The van der Waals surface area contributed by atoms with Crippen LogP contribution in [0.5, 0.6) is 5.75 Å². The van der Waals surface area contributed by atoms with Crippen LogP contribution < -0.4 is 10.1 Å². The first-order chi connectivity index (χ1) is 9.02. The van der Waals surface area contributed by atoms with E-state index >= 15 is 0 Å². The lowest BCUT2D eigenvalue weighted by molar-refractivity contribution is -0.114. The van der Waals surface area contributed by atoms with E-state index < -0.39 is 0 Å². The van der Waals surface area contributed by atoms with Crippen LogP contribution in [0, 0.1) is 0 Å². The van der Waals surface area contributed by atoms with Gasteiger partial charge in [-0.2, -0.15) is 0 Å². The number of aryl methyl sites for hydroxylation is 1. The second kappa shape index (κ2) is 5.31. The quantitative estimate of drug-likeness (QED) is 0.842. The van der Waals surface area contributed by atoms with Crippen LogP contribution >= 0.6 is 0 Å². The van der Waals surface area contributed by atoms with Crippen LogP contribution in [0.25, 0.3) is 0 Å². The number of ether oxygens (including phenoxy) is 1. The van der Waals surface area contributed by atoms with E-state index in [0.29, 0.717) is 0 Å². The number of fused-ring (bicyclic) bond motifs is 1. The minimum atomic E-state index is -0.281. The summed E-state index contributed by atoms with van der Waals surface area (Å²) in [6, 6.07) is 5.76. The minimum Gasteiger partial charge on any atom is -0.483 e. The summed E-state index contributed by atoms with van der Waals surface area (Å²) in [5.74, 6) is 0.826. The lowest BCUT2D eigenvalue weighted by atomic mass is 9.92. The summed E-state index contributed by atoms with van der Waals surface area (Å²) in [4.78, 5) is 11.0. The molecule has 0 unspecified atom stereocenters. The van der Waals surface area contributed by atoms with Crippen LogP contribution in [0.4, 0.5) is 5.69 Å². The normalized spacial score (nSPS) is 21.6. The fraction of sp³-hybridized carbons (Fsp3) is 0.312. The maximum atomic E-state index is 11.0. The summed E-state index contributed by atoms with van der Waals surface area (Å²) in [6.45, 7) is 7.25. The van der Waals surface area contributed by atoms with Crippen molar-refractivity contribution in [3.8, 4) is 5.75 Å². The molecule has 1 heterocycles. The summed E-state index contributed by atoms with van der Waals surface area (Å²) in [5.41, 5.74) is 1.67. The lowest BCUT2D eigenvalue weighted by Crippen LogP contribution is -2.34. The molecule has 1 N–H and O–H groups in total. The number of allylic oxidation sites excluding steroid dienone is 2. The molecule has 1 atom stereocenters. The van der Waals surface area contributed by atoms with Gasteiger partial charge in [-0.1, -0.05) is 18.7 Å². The van der Waals surface area contributed by atoms with Crippen molar-refractivity contribution in [1.82, 2.24) is 0 Å². The van der Waals surface area contributed by atoms with E-state index in [1.165, 1.54) is 6.92 Å². The Bertz CT molecular complexity index is 534. The predicted octanol–water partition coefficient (Wildman–Crippen LogP) is 3.47. The fourth-order valence-electron chi connectivity index (χ4n) is 2.23. The number of carbonyl (C=O) groups is 1. The van der Waals surface area contributed by atoms with Crippen LogP contribution in [-0.4, -0.2) is 11.5 Å². The summed E-state index contributed by atoms with van der Waals surface area (Å²) in [6.07, 6.45) is 7.54. The molecule has 1 amide bonds. The van der Waals surface area contributed by atoms with E-state index in [-0.39, 0.29) is 11.5 Å². The van der Waals surface area contributed by atoms with E-state index in [4.69, 9.17) is 4.74 Å². The number of rotatable bonds is 3. The van der Waals surface area contributed by atoms with Crippen molar-refractivity contribution < 1.29 is 9.53 Å². The van der Waals surface area contributed by atoms with Gasteiger partial charge in [-0.05, 0) is 49.6 Å². The summed E-state index contributed by atoms with van der Waals surface area (Å²) < 4.78 is 6.03. The Hall–Kier alpha value is -2.03. The van der Waals surface area contributed by atoms with E-state index in [9.17, 15) is 4.79 Å². The fourth-order valence-corrected chi connectivity index (χ4v) is 2.23. The van der Waals surface area contributed by atoms with E-state index in [0.717, 1.165) is 29.8 Å². The zero-order valence-electron chi connectivity index (χ0n) is 11.4. The highest BCUT2D eigenvalue weighted by Gasteiger charge is 2.28. The number of benzene rings is 1. The predicted molar refractivity (Wildman–Crippen MR) is 77.4 cm³/mol. The maximum absolute atomic E-state index is 11.0. The van der Waals surface area contributed by atoms with Crippen LogP contribution in [0.1, 0.15) is 25.8 Å². The zero-order chi connectivity index (χ0) is 13.9. The molecule has 2 rings (SSSR count). The molecule has 1 aromatic carbocycles. The van der Waals surface area contributed by atoms with Gasteiger partial charge in [0.1, 0.15) is 11.4 Å². The van der Waals surface area contributed by atoms with Gasteiger partial charge >= 0.3 is 0 Å². The van der Waals surface area contributed by atoms with Crippen molar-refractivity contribution in [2.24, 2.45) is 0 Å². The van der Waals surface area contributed by atoms with Crippen LogP contribution in [-0.2, 0) is 11.2 Å². The van der Waals surface area contributed by atoms with Gasteiger partial charge in [0, 0.05) is 12.6 Å². The summed E-state index contributed by atoms with van der Waals surface area (Å²) in [7, 11) is 0. The third-order valence-corrected chi connectivity index (χ3v) is 3.20. The number of carbonyl (C=O) groups excluding carboxylic acids is 1. The highest BCUT2D eigenvalue weighted by Crippen LogP contribution is 2.35. The van der Waals surface area contributed by atoms with Crippen molar-refractivity contribution in [2.45, 2.75) is 32.3 Å². The first-order valence-corrected chi connectivity index (χ1v) is 6.42. The summed E-state index contributed by atoms with van der Waals surface area (Å²) >= 11 is 0. The van der Waals surface area contributed by atoms with Gasteiger partial charge in [-0.25, -0.2) is 0 Å². The molecule has 1 aromatic rings. The molecule has 0 fully saturated rings. The largest absolute Gasteiger partial charge is 0.483 e. The highest BCUT2D eigenvalue weighted by atomic mass is 16.5. The number of anilines is 1. The second-order valence-electron chi connectivity index (χ2n) is 5.01. The molecule has 3 heteroatoms. The first kappa shape index (κ1) is 13.4. The van der Waals surface area contributed by atoms with E-state index in [1.54, 1.807) is 6.08 Å². The molecular weight excluding hydrogens is 238 g/mol. The Kier molecular flexibility index (Phi) is 3.74. The number of nitrogens with one attached hydrogen (secondary N) is 1. The van der Waals surface area contributed by atoms with Crippen LogP contribution in [0.15, 0.2) is 43.0 Å². The third kappa shape index (κ3) is 3.25. The third-order valence-electron chi connectivity index (χ3n) is 3.20. The van der Waals surface area contributed by atoms with Crippen molar-refractivity contribution >= 4 is 11.6 Å². The van der Waals surface area contributed by atoms with Gasteiger partial charge in [0.15, 0.2) is 0 Å². The molecule has 1 aliphatic rings. The van der Waals surface area contributed by atoms with Gasteiger partial charge in [0.05, 0.1) is 0 Å². The average molecular weight is 257 g/mol. The monoisotopic (exact) mass is 257 g/mol. The van der Waals surface area contributed by atoms with Gasteiger partial charge in [0.2, 0.25) is 5.91 Å². The average Bonchev–Trinajstić information content (AvgIpc) is 2.36. The molecule has 1 aliphatic heterocycles. The van der Waals surface area contributed by atoms with Gasteiger partial charge in [-0.15, -0.1) is 0 Å². The van der Waals surface area contributed by atoms with Crippen molar-refractivity contribution in [3.05, 3.63) is 48.6 Å². The molecule has 19 heavy (non-hydrogen) atoms. The molecule has 0 spiro atoms. The molecule has 0 saturated heterocycles. The summed E-state index contributed by atoms with van der Waals surface area (Å²) in [5, 5.41) is 2.79. The topological polar surface area (TPSA) is 38.3 Å². The SMILES string of the molecule is C=C/C=C/[C@]1(C)CCc2cc(NC(C)=O)ccc2O1. The lowest BCUT2D eigenvalue weighted by Gasteiger charge is -2.33. The standard InChI is InChI=1S/C16H19NO2/c1-4-5-9-16(3)10-8-13-11-14(17-12(2)18)6-7-15(13)19-16/h4-7,9,11H,1,8,10H2,2-3H3,(H,17,18)/b9-5+/t16-/m1/s1. The van der Waals surface area contributed by atoms with Crippen molar-refractivity contribution in [2.75, 3.05) is 5.32 Å². The van der Waals surface area contributed by atoms with Crippen molar-refractivity contribution in [3.63, 3.8) is 0 Å². The van der Waals surface area contributed by atoms with Gasteiger partial charge < -0.3 is 10.1 Å². The number of amides is 1. The molecule has 100 valence electrons. The highest BCUT2D eigenvalue weighted by molar-refractivity contribution is 5.88. The number of hydrogen-bond acceptors (Lipinski definition) is 2. The zero-order valence-corrected chi connectivity index (χ0v) is 11.4. The van der Waals surface area contributed by atoms with Gasteiger partial charge in [-0.3, -0.25) is 4.79 Å². The first-order valence-electron chi connectivity index (χ1n) is 6.42. The maximum Gasteiger partial charge on any atom is 0.221 e. The Labute approximate surface area is 114 Å². The Morgan fingerprint density at radius 2 is 2.32 bits per heavy atom. The molecule has 0 saturated carbocycles. The van der Waals surface area contributed by atoms with Crippen molar-refractivity contribution in [1.29, 1.82) is 0 Å². The van der Waals surface area contributed by atoms with E-state index in [1.807, 2.05) is 30.4 Å². The van der Waals surface area contributed by atoms with E-state index in [2.05, 4.69) is 18.8 Å². The smallest absolute Gasteiger partial charge is 0.221 e. The molecular formula is C16H19NO2. The second-order valence-corrected chi connectivity index (χ2v) is 5.01. The Balaban J connectivity index is 2.20. The molecule has 3 nitrogen and oxygen atoms in total. The number of hydrogen-bond donors (Lipinski definition) is 1. The van der Waals surface area contributed by atoms with Crippen LogP contribution in [0.3, 0.4) is 0 Å². The Morgan fingerprint density at radius 1 is 1.53 bits per heavy atom.